The Kier molecular flexibility index (Phi) is 3.30. The standard InChI is InChI=1S/C17H15F2N7O/c1-17(18,19)15-22-23-16(27-15)25-7-5-11-13(21-9-20-11)14(25)12-8-10-4-2-3-6-26(10)24-12/h2-4,6,8-9,14H,5,7H2,1H3,(H,20,21)/t14-/m0/s1. The van der Waals surface area contributed by atoms with Gasteiger partial charge in [0, 0.05) is 31.8 Å². The summed E-state index contributed by atoms with van der Waals surface area (Å²) in [5.74, 6) is -3.91. The molecule has 0 spiro atoms. The van der Waals surface area contributed by atoms with Gasteiger partial charge in [0.25, 0.3) is 5.89 Å². The van der Waals surface area contributed by atoms with Crippen molar-refractivity contribution in [3.8, 4) is 0 Å². The molecule has 1 N–H and O–H groups in total. The molecule has 27 heavy (non-hydrogen) atoms. The van der Waals surface area contributed by atoms with Crippen LogP contribution in [0.15, 0.2) is 41.2 Å². The number of nitrogens with zero attached hydrogens (tertiary/aromatic N) is 6. The molecule has 5 heterocycles. The minimum atomic E-state index is -3.20. The summed E-state index contributed by atoms with van der Waals surface area (Å²) in [7, 11) is 0. The van der Waals surface area contributed by atoms with Crippen molar-refractivity contribution >= 4 is 11.5 Å². The molecule has 0 radical (unpaired) electrons. The molecule has 0 saturated carbocycles. The van der Waals surface area contributed by atoms with E-state index in [4.69, 9.17) is 4.42 Å². The highest BCUT2D eigenvalue weighted by molar-refractivity contribution is 5.51. The Morgan fingerprint density at radius 2 is 2.19 bits per heavy atom. The van der Waals surface area contributed by atoms with Crippen LogP contribution in [0.3, 0.4) is 0 Å². The molecular weight excluding hydrogens is 356 g/mol. The maximum absolute atomic E-state index is 13.5. The largest absolute Gasteiger partial charge is 0.401 e. The zero-order chi connectivity index (χ0) is 18.6. The van der Waals surface area contributed by atoms with Gasteiger partial charge in [0.1, 0.15) is 6.04 Å². The van der Waals surface area contributed by atoms with E-state index in [1.807, 2.05) is 30.5 Å². The molecule has 4 aromatic rings. The molecule has 0 bridgehead atoms. The minimum Gasteiger partial charge on any atom is -0.401 e. The van der Waals surface area contributed by atoms with E-state index in [0.29, 0.717) is 13.0 Å². The molecule has 10 heteroatoms. The van der Waals surface area contributed by atoms with E-state index in [9.17, 15) is 8.78 Å². The lowest BCUT2D eigenvalue weighted by Gasteiger charge is -2.32. The van der Waals surface area contributed by atoms with E-state index in [0.717, 1.165) is 29.5 Å². The van der Waals surface area contributed by atoms with E-state index >= 15 is 0 Å². The Morgan fingerprint density at radius 1 is 1.30 bits per heavy atom. The maximum Gasteiger partial charge on any atom is 0.321 e. The maximum atomic E-state index is 13.5. The van der Waals surface area contributed by atoms with Gasteiger partial charge in [-0.15, -0.1) is 5.10 Å². The zero-order valence-electron chi connectivity index (χ0n) is 14.3. The number of H-pyrrole nitrogens is 1. The second-order valence-electron chi connectivity index (χ2n) is 6.53. The van der Waals surface area contributed by atoms with E-state index in [1.165, 1.54) is 0 Å². The highest BCUT2D eigenvalue weighted by atomic mass is 19.3. The van der Waals surface area contributed by atoms with Gasteiger partial charge in [-0.25, -0.2) is 9.50 Å². The first-order valence-corrected chi connectivity index (χ1v) is 8.45. The average Bonchev–Trinajstić information content (AvgIpc) is 3.37. The molecule has 4 aromatic heterocycles. The van der Waals surface area contributed by atoms with Crippen molar-refractivity contribution in [1.29, 1.82) is 0 Å². The number of imidazole rings is 1. The fourth-order valence-corrected chi connectivity index (χ4v) is 3.38. The van der Waals surface area contributed by atoms with Gasteiger partial charge in [-0.2, -0.15) is 13.9 Å². The summed E-state index contributed by atoms with van der Waals surface area (Å²) in [6.07, 6.45) is 4.12. The van der Waals surface area contributed by atoms with Gasteiger partial charge in [-0.1, -0.05) is 11.2 Å². The Labute approximate surface area is 151 Å². The number of fused-ring (bicyclic) bond motifs is 2. The molecule has 0 amide bonds. The summed E-state index contributed by atoms with van der Waals surface area (Å²) in [6, 6.07) is 7.30. The predicted octanol–water partition coefficient (Wildman–Crippen LogP) is 2.70. The number of aromatic nitrogens is 6. The average molecular weight is 371 g/mol. The van der Waals surface area contributed by atoms with Gasteiger partial charge in [-0.05, 0) is 18.2 Å². The van der Waals surface area contributed by atoms with Crippen LogP contribution >= 0.6 is 0 Å². The Hall–Kier alpha value is -3.30. The van der Waals surface area contributed by atoms with E-state index < -0.39 is 17.9 Å². The molecule has 1 aliphatic heterocycles. The Morgan fingerprint density at radius 3 is 2.96 bits per heavy atom. The van der Waals surface area contributed by atoms with Crippen molar-refractivity contribution in [2.24, 2.45) is 0 Å². The van der Waals surface area contributed by atoms with Crippen LogP contribution in [0.5, 0.6) is 0 Å². The summed E-state index contributed by atoms with van der Waals surface area (Å²) in [5, 5.41) is 12.0. The molecule has 5 rings (SSSR count). The number of pyridine rings is 1. The summed E-state index contributed by atoms with van der Waals surface area (Å²) < 4.78 is 34.1. The SMILES string of the molecule is CC(F)(F)c1nnc(N2CCc3[nH]cnc3[C@@H]2c2cc3ccccn3n2)o1. The van der Waals surface area contributed by atoms with Crippen LogP contribution in [-0.4, -0.2) is 36.3 Å². The summed E-state index contributed by atoms with van der Waals surface area (Å²) in [5.41, 5.74) is 3.39. The number of halogens is 2. The highest BCUT2D eigenvalue weighted by Crippen LogP contribution is 2.37. The van der Waals surface area contributed by atoms with Crippen molar-refractivity contribution in [2.75, 3.05) is 11.4 Å². The van der Waals surface area contributed by atoms with Crippen molar-refractivity contribution in [3.05, 3.63) is 59.8 Å². The number of hydrogen-bond donors (Lipinski definition) is 1. The normalized spacial score (nSPS) is 17.4. The molecule has 0 unspecified atom stereocenters. The lowest BCUT2D eigenvalue weighted by molar-refractivity contribution is -0.0107. The minimum absolute atomic E-state index is 0.0298. The highest BCUT2D eigenvalue weighted by Gasteiger charge is 2.38. The topological polar surface area (TPSA) is 88.1 Å². The Balaban J connectivity index is 1.63. The van der Waals surface area contributed by atoms with Crippen molar-refractivity contribution in [3.63, 3.8) is 0 Å². The van der Waals surface area contributed by atoms with Gasteiger partial charge >= 0.3 is 11.9 Å². The fraction of sp³-hybridized carbons (Fsp3) is 0.294. The zero-order valence-corrected chi connectivity index (χ0v) is 14.3. The number of rotatable bonds is 3. The molecular formula is C17H15F2N7O. The van der Waals surface area contributed by atoms with Crippen LogP contribution in [0, 0.1) is 0 Å². The van der Waals surface area contributed by atoms with Crippen LogP contribution in [0.4, 0.5) is 14.8 Å². The van der Waals surface area contributed by atoms with Crippen LogP contribution in [0.1, 0.15) is 35.9 Å². The van der Waals surface area contributed by atoms with Crippen LogP contribution in [0.25, 0.3) is 5.52 Å². The second-order valence-corrected chi connectivity index (χ2v) is 6.53. The van der Waals surface area contributed by atoms with Crippen LogP contribution < -0.4 is 4.90 Å². The lowest BCUT2D eigenvalue weighted by atomic mass is 10.0. The van der Waals surface area contributed by atoms with Gasteiger partial charge in [0.05, 0.1) is 23.2 Å². The monoisotopic (exact) mass is 371 g/mol. The predicted molar refractivity (Wildman–Crippen MR) is 90.5 cm³/mol. The first-order valence-electron chi connectivity index (χ1n) is 8.45. The number of alkyl halides is 2. The summed E-state index contributed by atoms with van der Waals surface area (Å²) >= 11 is 0. The molecule has 1 aliphatic rings. The Bertz CT molecular complexity index is 1080. The first-order chi connectivity index (χ1) is 13.0. The van der Waals surface area contributed by atoms with Crippen LogP contribution in [-0.2, 0) is 12.3 Å². The molecule has 1 atom stereocenters. The van der Waals surface area contributed by atoms with E-state index in [2.05, 4.69) is 25.3 Å². The van der Waals surface area contributed by atoms with Gasteiger partial charge in [0.2, 0.25) is 0 Å². The first kappa shape index (κ1) is 15.9. The molecule has 0 fully saturated rings. The number of anilines is 1. The number of nitrogens with one attached hydrogen (secondary N) is 1. The van der Waals surface area contributed by atoms with Crippen molar-refractivity contribution < 1.29 is 13.2 Å². The van der Waals surface area contributed by atoms with E-state index in [1.54, 1.807) is 15.7 Å². The van der Waals surface area contributed by atoms with Gasteiger partial charge in [0.15, 0.2) is 0 Å². The molecule has 8 nitrogen and oxygen atoms in total. The second kappa shape index (κ2) is 5.60. The van der Waals surface area contributed by atoms with Crippen LogP contribution in [0.2, 0.25) is 0 Å². The third-order valence-electron chi connectivity index (χ3n) is 4.63. The van der Waals surface area contributed by atoms with Gasteiger partial charge in [-0.3, -0.25) is 0 Å². The number of aromatic amines is 1. The quantitative estimate of drug-likeness (QED) is 0.596. The van der Waals surface area contributed by atoms with Crippen molar-refractivity contribution in [1.82, 2.24) is 29.8 Å². The van der Waals surface area contributed by atoms with E-state index in [-0.39, 0.29) is 6.01 Å². The summed E-state index contributed by atoms with van der Waals surface area (Å²) in [4.78, 5) is 9.34. The molecule has 0 aliphatic carbocycles. The fourth-order valence-electron chi connectivity index (χ4n) is 3.38. The summed E-state index contributed by atoms with van der Waals surface area (Å²) in [6.45, 7) is 1.23. The number of hydrogen-bond acceptors (Lipinski definition) is 6. The third kappa shape index (κ3) is 2.56. The lowest BCUT2D eigenvalue weighted by Crippen LogP contribution is -2.37. The van der Waals surface area contributed by atoms with Crippen molar-refractivity contribution in [2.45, 2.75) is 25.3 Å². The smallest absolute Gasteiger partial charge is 0.321 e. The molecule has 0 saturated heterocycles. The molecule has 0 aromatic carbocycles. The van der Waals surface area contributed by atoms with Gasteiger partial charge < -0.3 is 14.3 Å². The third-order valence-corrected chi connectivity index (χ3v) is 4.63. The molecule has 138 valence electrons.